The van der Waals surface area contributed by atoms with Crippen LogP contribution >= 0.6 is 0 Å². The number of para-hydroxylation sites is 2. The van der Waals surface area contributed by atoms with Gasteiger partial charge in [-0.25, -0.2) is 4.79 Å². The Bertz CT molecular complexity index is 591. The Balaban J connectivity index is 2.49. The monoisotopic (exact) mass is 302 g/mol. The summed E-state index contributed by atoms with van der Waals surface area (Å²) < 4.78 is 3.99. The van der Waals surface area contributed by atoms with E-state index in [2.05, 4.69) is 39.8 Å². The van der Waals surface area contributed by atoms with E-state index in [-0.39, 0.29) is 5.69 Å². The summed E-state index contributed by atoms with van der Waals surface area (Å²) in [5.74, 6) is 1.15. The molecular weight excluding hydrogens is 272 g/mol. The molecule has 22 heavy (non-hydrogen) atoms. The summed E-state index contributed by atoms with van der Waals surface area (Å²) in [6, 6.07) is 8.24. The van der Waals surface area contributed by atoms with Gasteiger partial charge in [-0.2, -0.15) is 0 Å². The molecule has 1 heterocycles. The molecule has 0 aliphatic carbocycles. The first kappa shape index (κ1) is 16.9. The molecule has 0 fully saturated rings. The maximum atomic E-state index is 12.9. The Morgan fingerprint density at radius 2 is 1.14 bits per heavy atom. The highest BCUT2D eigenvalue weighted by molar-refractivity contribution is 5.76. The first-order valence-corrected chi connectivity index (χ1v) is 8.84. The second kappa shape index (κ2) is 7.66. The molecule has 0 bridgehead atoms. The number of fused-ring (bicyclic) bond motifs is 1. The number of rotatable bonds is 8. The molecule has 0 saturated heterocycles. The molecular formula is C19H30N2O. The fourth-order valence-corrected chi connectivity index (χ4v) is 3.24. The second-order valence-corrected chi connectivity index (χ2v) is 6.36. The highest BCUT2D eigenvalue weighted by atomic mass is 16.1. The van der Waals surface area contributed by atoms with Gasteiger partial charge in [0, 0.05) is 13.1 Å². The lowest BCUT2D eigenvalue weighted by Crippen LogP contribution is -2.28. The predicted molar refractivity (Wildman–Crippen MR) is 94.3 cm³/mol. The third-order valence-corrected chi connectivity index (χ3v) is 5.12. The van der Waals surface area contributed by atoms with Gasteiger partial charge in [0.1, 0.15) is 0 Å². The number of hydrogen-bond acceptors (Lipinski definition) is 1. The van der Waals surface area contributed by atoms with Crippen molar-refractivity contribution in [3.05, 3.63) is 34.7 Å². The second-order valence-electron chi connectivity index (χ2n) is 6.36. The van der Waals surface area contributed by atoms with Gasteiger partial charge in [-0.1, -0.05) is 65.5 Å². The van der Waals surface area contributed by atoms with Crippen LogP contribution in [0.2, 0.25) is 0 Å². The van der Waals surface area contributed by atoms with Crippen LogP contribution in [0.5, 0.6) is 0 Å². The third-order valence-electron chi connectivity index (χ3n) is 5.12. The minimum Gasteiger partial charge on any atom is -0.292 e. The molecule has 122 valence electrons. The van der Waals surface area contributed by atoms with Gasteiger partial charge in [0.25, 0.3) is 0 Å². The zero-order valence-electron chi connectivity index (χ0n) is 14.5. The normalized spacial score (nSPS) is 11.9. The lowest BCUT2D eigenvalue weighted by Gasteiger charge is -2.14. The van der Waals surface area contributed by atoms with Crippen molar-refractivity contribution >= 4 is 11.0 Å². The van der Waals surface area contributed by atoms with Gasteiger partial charge in [-0.3, -0.25) is 9.13 Å². The molecule has 0 saturated carbocycles. The van der Waals surface area contributed by atoms with Crippen LogP contribution in [0.1, 0.15) is 53.4 Å². The molecule has 0 spiro atoms. The van der Waals surface area contributed by atoms with E-state index in [9.17, 15) is 4.79 Å². The van der Waals surface area contributed by atoms with Crippen LogP contribution in [0.25, 0.3) is 11.0 Å². The Hall–Kier alpha value is -1.51. The molecule has 3 nitrogen and oxygen atoms in total. The number of benzene rings is 1. The molecule has 0 radical (unpaired) electrons. The molecule has 0 aliphatic rings. The van der Waals surface area contributed by atoms with E-state index in [0.717, 1.165) is 49.8 Å². The minimum atomic E-state index is 0.167. The summed E-state index contributed by atoms with van der Waals surface area (Å²) in [5, 5.41) is 0. The van der Waals surface area contributed by atoms with Gasteiger partial charge >= 0.3 is 5.69 Å². The van der Waals surface area contributed by atoms with Crippen molar-refractivity contribution in [2.24, 2.45) is 11.8 Å². The number of nitrogens with zero attached hydrogens (tertiary/aromatic N) is 2. The van der Waals surface area contributed by atoms with Crippen molar-refractivity contribution in [3.8, 4) is 0 Å². The Morgan fingerprint density at radius 3 is 1.45 bits per heavy atom. The highest BCUT2D eigenvalue weighted by Gasteiger charge is 2.17. The minimum absolute atomic E-state index is 0.167. The Kier molecular flexibility index (Phi) is 5.87. The molecule has 0 amide bonds. The average Bonchev–Trinajstić information content (AvgIpc) is 2.82. The van der Waals surface area contributed by atoms with Crippen LogP contribution in [0.15, 0.2) is 29.1 Å². The zero-order valence-corrected chi connectivity index (χ0v) is 14.5. The van der Waals surface area contributed by atoms with E-state index in [1.54, 1.807) is 0 Å². The van der Waals surface area contributed by atoms with Crippen LogP contribution in [0.4, 0.5) is 0 Å². The van der Waals surface area contributed by atoms with Crippen molar-refractivity contribution in [2.45, 2.75) is 66.5 Å². The van der Waals surface area contributed by atoms with Crippen LogP contribution in [0.3, 0.4) is 0 Å². The molecule has 2 rings (SSSR count). The molecule has 1 aromatic heterocycles. The molecule has 0 N–H and O–H groups in total. The van der Waals surface area contributed by atoms with Crippen molar-refractivity contribution in [3.63, 3.8) is 0 Å². The average molecular weight is 302 g/mol. The van der Waals surface area contributed by atoms with Crippen molar-refractivity contribution in [2.75, 3.05) is 0 Å². The standard InChI is InChI=1S/C19H30N2O/c1-5-15(6-2)13-20-17-11-9-10-12-18(17)21(19(20)22)14-16(7-3)8-4/h9-12,15-16H,5-8,13-14H2,1-4H3. The Morgan fingerprint density at radius 1 is 0.773 bits per heavy atom. The maximum absolute atomic E-state index is 12.9. The van der Waals surface area contributed by atoms with Crippen molar-refractivity contribution in [1.29, 1.82) is 0 Å². The predicted octanol–water partition coefficient (Wildman–Crippen LogP) is 4.68. The molecule has 2 aromatic rings. The molecule has 0 aliphatic heterocycles. The fourth-order valence-electron chi connectivity index (χ4n) is 3.24. The molecule has 0 atom stereocenters. The van der Waals surface area contributed by atoms with Crippen LogP contribution in [0, 0.1) is 11.8 Å². The van der Waals surface area contributed by atoms with E-state index in [0.29, 0.717) is 11.8 Å². The van der Waals surface area contributed by atoms with Gasteiger partial charge in [0.2, 0.25) is 0 Å². The largest absolute Gasteiger partial charge is 0.329 e. The first-order valence-electron chi connectivity index (χ1n) is 8.84. The first-order chi connectivity index (χ1) is 10.7. The van der Waals surface area contributed by atoms with E-state index >= 15 is 0 Å². The summed E-state index contributed by atoms with van der Waals surface area (Å²) in [6.45, 7) is 10.5. The van der Waals surface area contributed by atoms with E-state index in [4.69, 9.17) is 0 Å². The third kappa shape index (κ3) is 3.29. The van der Waals surface area contributed by atoms with Crippen LogP contribution in [-0.2, 0) is 13.1 Å². The summed E-state index contributed by atoms with van der Waals surface area (Å²) >= 11 is 0. The van der Waals surface area contributed by atoms with Crippen molar-refractivity contribution in [1.82, 2.24) is 9.13 Å². The SMILES string of the molecule is CCC(CC)Cn1c(=O)n(CC(CC)CC)c2ccccc21. The van der Waals surface area contributed by atoms with E-state index in [1.165, 1.54) is 0 Å². The van der Waals surface area contributed by atoms with Gasteiger partial charge in [-0.05, 0) is 24.0 Å². The van der Waals surface area contributed by atoms with E-state index < -0.39 is 0 Å². The smallest absolute Gasteiger partial charge is 0.292 e. The van der Waals surface area contributed by atoms with Gasteiger partial charge in [0.05, 0.1) is 11.0 Å². The van der Waals surface area contributed by atoms with Crippen LogP contribution < -0.4 is 5.69 Å². The summed E-state index contributed by atoms with van der Waals surface area (Å²) in [5.41, 5.74) is 2.34. The quantitative estimate of drug-likeness (QED) is 0.696. The number of hydrogen-bond donors (Lipinski definition) is 0. The topological polar surface area (TPSA) is 26.9 Å². The number of imidazole rings is 1. The fraction of sp³-hybridized carbons (Fsp3) is 0.632. The van der Waals surface area contributed by atoms with Crippen molar-refractivity contribution < 1.29 is 0 Å². The van der Waals surface area contributed by atoms with Gasteiger partial charge in [-0.15, -0.1) is 0 Å². The lowest BCUT2D eigenvalue weighted by molar-refractivity contribution is 0.393. The highest BCUT2D eigenvalue weighted by Crippen LogP contribution is 2.19. The lowest BCUT2D eigenvalue weighted by atomic mass is 10.0. The molecule has 0 unspecified atom stereocenters. The molecule has 3 heteroatoms. The zero-order chi connectivity index (χ0) is 16.1. The van der Waals surface area contributed by atoms with Gasteiger partial charge < -0.3 is 0 Å². The molecule has 1 aromatic carbocycles. The maximum Gasteiger partial charge on any atom is 0.329 e. The summed E-state index contributed by atoms with van der Waals surface area (Å²) in [6.07, 6.45) is 4.48. The number of aromatic nitrogens is 2. The van der Waals surface area contributed by atoms with Crippen LogP contribution in [-0.4, -0.2) is 9.13 Å². The Labute approximate surface area is 134 Å². The van der Waals surface area contributed by atoms with E-state index in [1.807, 2.05) is 21.3 Å². The summed E-state index contributed by atoms with van der Waals surface area (Å²) in [7, 11) is 0. The summed E-state index contributed by atoms with van der Waals surface area (Å²) in [4.78, 5) is 12.9. The van der Waals surface area contributed by atoms with Gasteiger partial charge in [0.15, 0.2) is 0 Å².